The van der Waals surface area contributed by atoms with Crippen molar-refractivity contribution in [2.45, 2.75) is 63.1 Å². The molecule has 2 heterocycles. The van der Waals surface area contributed by atoms with E-state index in [1.807, 2.05) is 0 Å². The summed E-state index contributed by atoms with van der Waals surface area (Å²) in [4.78, 5) is 16.2. The Hall–Kier alpha value is -2.56. The Morgan fingerprint density at radius 1 is 1.23 bits per heavy atom. The molecule has 3 aliphatic rings. The van der Waals surface area contributed by atoms with Gasteiger partial charge in [0.15, 0.2) is 5.82 Å². The van der Waals surface area contributed by atoms with Gasteiger partial charge < -0.3 is 19.1 Å². The molecule has 5 unspecified atom stereocenters. The molecule has 5 atom stereocenters. The van der Waals surface area contributed by atoms with E-state index in [0.29, 0.717) is 51.1 Å². The fourth-order valence-corrected chi connectivity index (χ4v) is 9.37. The second-order valence-corrected chi connectivity index (χ2v) is 14.3. The molecule has 0 radical (unpaired) electrons. The topological polar surface area (TPSA) is 94.7 Å². The average Bonchev–Trinajstić information content (AvgIpc) is 3.51. The SMILES string of the molecule is COCC1(OCc2c(-c3c(Cl)cccc3Cl)noc2C2CC2)CC2CC(C)C(C1)C2c1nc2c(F)cc(C(=O)O)cc2s1. The molecule has 0 amide bonds. The molecule has 3 fully saturated rings. The van der Waals surface area contributed by atoms with Gasteiger partial charge in [-0.25, -0.2) is 14.2 Å². The van der Waals surface area contributed by atoms with Crippen molar-refractivity contribution in [3.8, 4) is 11.3 Å². The lowest BCUT2D eigenvalue weighted by Crippen LogP contribution is -2.45. The minimum absolute atomic E-state index is 0.0653. The van der Waals surface area contributed by atoms with Crippen LogP contribution in [-0.2, 0) is 16.1 Å². The molecule has 0 saturated heterocycles. The van der Waals surface area contributed by atoms with E-state index >= 15 is 0 Å². The van der Waals surface area contributed by atoms with Gasteiger partial charge in [-0.15, -0.1) is 11.3 Å². The third-order valence-electron chi connectivity index (χ3n) is 9.51. The molecular formula is C32H31Cl2FN2O5S. The van der Waals surface area contributed by atoms with E-state index in [4.69, 9.17) is 42.2 Å². The number of carboxylic acid groups (broad SMARTS) is 1. The van der Waals surface area contributed by atoms with Crippen molar-refractivity contribution >= 4 is 50.7 Å². The zero-order valence-corrected chi connectivity index (χ0v) is 26.1. The Balaban J connectivity index is 1.19. The van der Waals surface area contributed by atoms with Crippen molar-refractivity contribution in [3.63, 3.8) is 0 Å². The first-order chi connectivity index (χ1) is 20.7. The lowest BCUT2D eigenvalue weighted by Gasteiger charge is -2.44. The number of fused-ring (bicyclic) bond motifs is 3. The number of thiazole rings is 1. The van der Waals surface area contributed by atoms with Gasteiger partial charge >= 0.3 is 5.97 Å². The Kier molecular flexibility index (Phi) is 7.53. The number of aromatic carboxylic acids is 1. The maximum absolute atomic E-state index is 14.8. The molecule has 2 bridgehead atoms. The summed E-state index contributed by atoms with van der Waals surface area (Å²) >= 11 is 14.6. The van der Waals surface area contributed by atoms with E-state index in [9.17, 15) is 14.3 Å². The number of aromatic nitrogens is 2. The number of hydrogen-bond acceptors (Lipinski definition) is 7. The first kappa shape index (κ1) is 29.2. The van der Waals surface area contributed by atoms with Crippen molar-refractivity contribution < 1.29 is 28.3 Å². The highest BCUT2D eigenvalue weighted by atomic mass is 35.5. The van der Waals surface area contributed by atoms with Gasteiger partial charge in [0, 0.05) is 30.1 Å². The molecule has 43 heavy (non-hydrogen) atoms. The summed E-state index contributed by atoms with van der Waals surface area (Å²) in [5.74, 6) is 0.464. The van der Waals surface area contributed by atoms with Crippen LogP contribution in [-0.4, -0.2) is 40.5 Å². The average molecular weight is 646 g/mol. The number of carbonyl (C=O) groups is 1. The number of rotatable bonds is 9. The van der Waals surface area contributed by atoms with Crippen molar-refractivity contribution in [2.24, 2.45) is 17.8 Å². The number of nitrogens with zero attached hydrogens (tertiary/aromatic N) is 2. The van der Waals surface area contributed by atoms with Gasteiger partial charge in [0.1, 0.15) is 17.0 Å². The minimum atomic E-state index is -1.15. The van der Waals surface area contributed by atoms with Crippen LogP contribution in [0, 0.1) is 23.6 Å². The van der Waals surface area contributed by atoms with Gasteiger partial charge in [-0.2, -0.15) is 0 Å². The molecule has 2 aromatic carbocycles. The molecule has 2 aromatic heterocycles. The van der Waals surface area contributed by atoms with Gasteiger partial charge in [-0.1, -0.05) is 41.3 Å². The highest BCUT2D eigenvalue weighted by Crippen LogP contribution is 2.59. The van der Waals surface area contributed by atoms with Gasteiger partial charge in [0.05, 0.1) is 44.1 Å². The van der Waals surface area contributed by atoms with Crippen LogP contribution in [0.3, 0.4) is 0 Å². The van der Waals surface area contributed by atoms with Crippen molar-refractivity contribution in [1.82, 2.24) is 10.1 Å². The predicted molar refractivity (Wildman–Crippen MR) is 163 cm³/mol. The molecule has 226 valence electrons. The maximum atomic E-state index is 14.8. The van der Waals surface area contributed by atoms with E-state index in [0.717, 1.165) is 54.5 Å². The monoisotopic (exact) mass is 644 g/mol. The van der Waals surface area contributed by atoms with Crippen LogP contribution in [0.25, 0.3) is 21.5 Å². The second-order valence-electron chi connectivity index (χ2n) is 12.4. The zero-order valence-electron chi connectivity index (χ0n) is 23.7. The molecule has 0 spiro atoms. The second kappa shape index (κ2) is 11.1. The molecular weight excluding hydrogens is 614 g/mol. The first-order valence-electron chi connectivity index (χ1n) is 14.6. The van der Waals surface area contributed by atoms with Crippen molar-refractivity contribution in [3.05, 3.63) is 68.1 Å². The molecule has 7 rings (SSSR count). The third-order valence-corrected chi connectivity index (χ3v) is 11.2. The van der Waals surface area contributed by atoms with Crippen LogP contribution in [0.15, 0.2) is 34.9 Å². The van der Waals surface area contributed by atoms with Crippen LogP contribution in [0.1, 0.15) is 77.6 Å². The third kappa shape index (κ3) is 5.17. The Morgan fingerprint density at radius 3 is 2.67 bits per heavy atom. The molecule has 3 saturated carbocycles. The smallest absolute Gasteiger partial charge is 0.335 e. The summed E-state index contributed by atoms with van der Waals surface area (Å²) in [5, 5.41) is 15.7. The fraction of sp³-hybridized carbons (Fsp3) is 0.469. The summed E-state index contributed by atoms with van der Waals surface area (Å²) in [6.07, 6.45) is 4.61. The summed E-state index contributed by atoms with van der Waals surface area (Å²) in [6.45, 7) is 2.99. The van der Waals surface area contributed by atoms with Crippen LogP contribution in [0.4, 0.5) is 4.39 Å². The van der Waals surface area contributed by atoms with E-state index in [1.165, 1.54) is 17.4 Å². The van der Waals surface area contributed by atoms with E-state index < -0.39 is 17.4 Å². The van der Waals surface area contributed by atoms with Gasteiger partial charge in [-0.3, -0.25) is 0 Å². The molecule has 3 aliphatic carbocycles. The standard InChI is InChI=1S/C32H31Cl2FN2O5S/c1-15-8-18-11-32(14-40-2,12-19(15)25(18)30-36-28-23(35)9-17(31(38)39)10-24(28)43-30)41-13-20-27(37-42-29(20)16-6-7-16)26-21(33)4-3-5-22(26)34/h3-5,9-10,15-16,18-19,25H,6-8,11-14H2,1-2H3,(H,38,39). The highest BCUT2D eigenvalue weighted by molar-refractivity contribution is 7.18. The van der Waals surface area contributed by atoms with Crippen molar-refractivity contribution in [1.29, 1.82) is 0 Å². The Bertz CT molecular complexity index is 1700. The van der Waals surface area contributed by atoms with Crippen LogP contribution in [0.2, 0.25) is 10.0 Å². The summed E-state index contributed by atoms with van der Waals surface area (Å²) in [6, 6.07) is 7.96. The Labute approximate surface area is 262 Å². The summed E-state index contributed by atoms with van der Waals surface area (Å²) < 4.78 is 34.0. The normalized spacial score (nSPS) is 26.8. The van der Waals surface area contributed by atoms with Crippen molar-refractivity contribution in [2.75, 3.05) is 13.7 Å². The first-order valence-corrected chi connectivity index (χ1v) is 16.1. The molecule has 4 aromatic rings. The van der Waals surface area contributed by atoms with Gasteiger partial charge in [-0.05, 0) is 74.1 Å². The summed E-state index contributed by atoms with van der Waals surface area (Å²) in [7, 11) is 1.70. The maximum Gasteiger partial charge on any atom is 0.335 e. The van der Waals surface area contributed by atoms with Crippen LogP contribution in [0.5, 0.6) is 0 Å². The van der Waals surface area contributed by atoms with Gasteiger partial charge in [0.25, 0.3) is 0 Å². The number of carboxylic acids is 1. The quantitative estimate of drug-likeness (QED) is 0.195. The highest BCUT2D eigenvalue weighted by Gasteiger charge is 2.54. The van der Waals surface area contributed by atoms with Crippen LogP contribution < -0.4 is 0 Å². The largest absolute Gasteiger partial charge is 0.478 e. The van der Waals surface area contributed by atoms with Crippen LogP contribution >= 0.6 is 34.5 Å². The Morgan fingerprint density at radius 2 is 2.00 bits per heavy atom. The van der Waals surface area contributed by atoms with Gasteiger partial charge in [0.2, 0.25) is 0 Å². The predicted octanol–water partition coefficient (Wildman–Crippen LogP) is 8.72. The minimum Gasteiger partial charge on any atom is -0.478 e. The molecule has 7 nitrogen and oxygen atoms in total. The lowest BCUT2D eigenvalue weighted by atomic mass is 9.70. The fourth-order valence-electron chi connectivity index (χ4n) is 7.50. The number of ether oxygens (including phenoxy) is 2. The summed E-state index contributed by atoms with van der Waals surface area (Å²) in [5.41, 5.74) is 1.78. The molecule has 0 aliphatic heterocycles. The number of hydrogen-bond donors (Lipinski definition) is 1. The molecule has 11 heteroatoms. The lowest BCUT2D eigenvalue weighted by molar-refractivity contribution is -0.135. The van der Waals surface area contributed by atoms with E-state index in [-0.39, 0.29) is 28.8 Å². The zero-order chi connectivity index (χ0) is 30.0. The number of benzene rings is 2. The number of methoxy groups -OCH3 is 1. The van der Waals surface area contributed by atoms with E-state index in [1.54, 1.807) is 25.3 Å². The van der Waals surface area contributed by atoms with E-state index in [2.05, 4.69) is 12.1 Å². The molecule has 1 N–H and O–H groups in total. The number of halogens is 3.